The molecule has 0 aromatic carbocycles. The molecule has 0 amide bonds. The number of methoxy groups -OCH3 is 1. The van der Waals surface area contributed by atoms with Crippen LogP contribution in [0, 0.1) is 17.0 Å². The average Bonchev–Trinajstić information content (AvgIpc) is 2.72. The standard InChI is InChI=1S/C12H20N4O4/c1-5-7-15-12(11(16(18)19)9(2)13-15)14(3)8-6-10(17)20-4/h5-8H2,1-4H3. The highest BCUT2D eigenvalue weighted by atomic mass is 16.6. The highest BCUT2D eigenvalue weighted by molar-refractivity contribution is 5.70. The van der Waals surface area contributed by atoms with Gasteiger partial charge in [-0.1, -0.05) is 6.92 Å². The smallest absolute Gasteiger partial charge is 0.333 e. The lowest BCUT2D eigenvalue weighted by Crippen LogP contribution is -2.25. The molecule has 112 valence electrons. The molecule has 0 aliphatic heterocycles. The minimum absolute atomic E-state index is 0.00850. The summed E-state index contributed by atoms with van der Waals surface area (Å²) in [5, 5.41) is 15.4. The van der Waals surface area contributed by atoms with E-state index in [-0.39, 0.29) is 18.1 Å². The lowest BCUT2D eigenvalue weighted by atomic mass is 10.3. The van der Waals surface area contributed by atoms with E-state index >= 15 is 0 Å². The first-order valence-corrected chi connectivity index (χ1v) is 6.42. The van der Waals surface area contributed by atoms with Crippen LogP contribution in [0.5, 0.6) is 0 Å². The number of rotatable bonds is 7. The van der Waals surface area contributed by atoms with E-state index in [1.165, 1.54) is 7.11 Å². The zero-order valence-electron chi connectivity index (χ0n) is 12.3. The van der Waals surface area contributed by atoms with Gasteiger partial charge in [-0.05, 0) is 13.3 Å². The Morgan fingerprint density at radius 1 is 1.55 bits per heavy atom. The van der Waals surface area contributed by atoms with E-state index in [2.05, 4.69) is 9.84 Å². The van der Waals surface area contributed by atoms with Crippen LogP contribution in [0.3, 0.4) is 0 Å². The molecule has 0 saturated carbocycles. The molecule has 0 radical (unpaired) electrons. The first-order valence-electron chi connectivity index (χ1n) is 6.42. The second kappa shape index (κ2) is 6.88. The van der Waals surface area contributed by atoms with Crippen molar-refractivity contribution in [2.75, 3.05) is 25.6 Å². The molecular weight excluding hydrogens is 264 g/mol. The van der Waals surface area contributed by atoms with Crippen molar-refractivity contribution >= 4 is 17.5 Å². The molecule has 0 atom stereocenters. The van der Waals surface area contributed by atoms with E-state index in [0.29, 0.717) is 24.6 Å². The number of esters is 1. The van der Waals surface area contributed by atoms with Gasteiger partial charge in [-0.25, -0.2) is 4.68 Å². The molecule has 1 aromatic rings. The number of aryl methyl sites for hydroxylation is 2. The topological polar surface area (TPSA) is 90.5 Å². The second-order valence-corrected chi connectivity index (χ2v) is 4.49. The molecule has 1 aromatic heterocycles. The fourth-order valence-electron chi connectivity index (χ4n) is 1.99. The molecule has 0 aliphatic rings. The van der Waals surface area contributed by atoms with E-state index in [1.807, 2.05) is 6.92 Å². The molecule has 8 nitrogen and oxygen atoms in total. The number of carbonyl (C=O) groups excluding carboxylic acids is 1. The summed E-state index contributed by atoms with van der Waals surface area (Å²) >= 11 is 0. The predicted molar refractivity (Wildman–Crippen MR) is 73.8 cm³/mol. The van der Waals surface area contributed by atoms with Gasteiger partial charge in [-0.2, -0.15) is 5.10 Å². The fraction of sp³-hybridized carbons (Fsp3) is 0.667. The largest absolute Gasteiger partial charge is 0.469 e. The Bertz CT molecular complexity index is 498. The number of anilines is 1. The lowest BCUT2D eigenvalue weighted by Gasteiger charge is -2.18. The normalized spacial score (nSPS) is 10.4. The van der Waals surface area contributed by atoms with Crippen molar-refractivity contribution in [1.82, 2.24) is 9.78 Å². The Kier molecular flexibility index (Phi) is 5.48. The van der Waals surface area contributed by atoms with E-state index in [0.717, 1.165) is 6.42 Å². The highest BCUT2D eigenvalue weighted by Crippen LogP contribution is 2.31. The summed E-state index contributed by atoms with van der Waals surface area (Å²) in [5.41, 5.74) is 0.370. The minimum atomic E-state index is -0.432. The van der Waals surface area contributed by atoms with Crippen LogP contribution in [-0.2, 0) is 16.1 Å². The molecule has 0 saturated heterocycles. The third-order valence-electron chi connectivity index (χ3n) is 2.93. The van der Waals surface area contributed by atoms with Crippen molar-refractivity contribution in [2.24, 2.45) is 0 Å². The fourth-order valence-corrected chi connectivity index (χ4v) is 1.99. The number of hydrogen-bond donors (Lipinski definition) is 0. The van der Waals surface area contributed by atoms with Gasteiger partial charge in [0.05, 0.1) is 18.5 Å². The van der Waals surface area contributed by atoms with Gasteiger partial charge in [0.25, 0.3) is 0 Å². The summed E-state index contributed by atoms with van der Waals surface area (Å²) in [6.07, 6.45) is 0.983. The van der Waals surface area contributed by atoms with Gasteiger partial charge in [0.2, 0.25) is 5.82 Å². The monoisotopic (exact) mass is 284 g/mol. The van der Waals surface area contributed by atoms with E-state index < -0.39 is 4.92 Å². The molecule has 0 bridgehead atoms. The van der Waals surface area contributed by atoms with E-state index in [4.69, 9.17) is 0 Å². The van der Waals surface area contributed by atoms with Crippen LogP contribution in [0.25, 0.3) is 0 Å². The van der Waals surface area contributed by atoms with Crippen LogP contribution < -0.4 is 4.90 Å². The number of aromatic nitrogens is 2. The van der Waals surface area contributed by atoms with Gasteiger partial charge in [0, 0.05) is 20.1 Å². The molecule has 1 heterocycles. The highest BCUT2D eigenvalue weighted by Gasteiger charge is 2.27. The summed E-state index contributed by atoms with van der Waals surface area (Å²) in [7, 11) is 3.02. The van der Waals surface area contributed by atoms with Crippen molar-refractivity contribution in [3.63, 3.8) is 0 Å². The van der Waals surface area contributed by atoms with Crippen LogP contribution in [0.15, 0.2) is 0 Å². The maximum absolute atomic E-state index is 11.2. The third-order valence-corrected chi connectivity index (χ3v) is 2.93. The second-order valence-electron chi connectivity index (χ2n) is 4.49. The molecule has 0 aliphatic carbocycles. The molecule has 20 heavy (non-hydrogen) atoms. The zero-order valence-corrected chi connectivity index (χ0v) is 12.3. The Hall–Kier alpha value is -2.12. The lowest BCUT2D eigenvalue weighted by molar-refractivity contribution is -0.384. The van der Waals surface area contributed by atoms with Crippen molar-refractivity contribution in [2.45, 2.75) is 33.2 Å². The first kappa shape index (κ1) is 15.9. The van der Waals surface area contributed by atoms with Crippen LogP contribution in [0.1, 0.15) is 25.5 Å². The molecule has 1 rings (SSSR count). The van der Waals surface area contributed by atoms with Gasteiger partial charge < -0.3 is 9.64 Å². The van der Waals surface area contributed by atoms with Crippen LogP contribution in [0.4, 0.5) is 11.5 Å². The number of carbonyl (C=O) groups is 1. The van der Waals surface area contributed by atoms with Crippen molar-refractivity contribution in [3.05, 3.63) is 15.8 Å². The van der Waals surface area contributed by atoms with E-state index in [9.17, 15) is 14.9 Å². The van der Waals surface area contributed by atoms with Gasteiger partial charge in [0.1, 0.15) is 5.69 Å². The number of nitrogens with zero attached hydrogens (tertiary/aromatic N) is 4. The molecule has 0 unspecified atom stereocenters. The number of nitro groups is 1. The third kappa shape index (κ3) is 3.46. The maximum atomic E-state index is 11.2. The quantitative estimate of drug-likeness (QED) is 0.428. The summed E-state index contributed by atoms with van der Waals surface area (Å²) in [6.45, 7) is 4.51. The summed E-state index contributed by atoms with van der Waals surface area (Å²) in [6, 6.07) is 0. The molecule has 0 spiro atoms. The van der Waals surface area contributed by atoms with Crippen molar-refractivity contribution in [1.29, 1.82) is 0 Å². The summed E-state index contributed by atoms with van der Waals surface area (Å²) < 4.78 is 6.19. The zero-order chi connectivity index (χ0) is 15.3. The Morgan fingerprint density at radius 2 is 2.20 bits per heavy atom. The van der Waals surface area contributed by atoms with Gasteiger partial charge in [-0.15, -0.1) is 0 Å². The SMILES string of the molecule is CCCn1nc(C)c([N+](=O)[O-])c1N(C)CCC(=O)OC. The van der Waals surface area contributed by atoms with Crippen molar-refractivity contribution in [3.8, 4) is 0 Å². The minimum Gasteiger partial charge on any atom is -0.469 e. The molecular formula is C12H20N4O4. The van der Waals surface area contributed by atoms with Crippen LogP contribution in [0.2, 0.25) is 0 Å². The molecule has 0 N–H and O–H groups in total. The van der Waals surface area contributed by atoms with Crippen LogP contribution in [-0.4, -0.2) is 41.4 Å². The Balaban J connectivity index is 3.06. The molecule has 8 heteroatoms. The average molecular weight is 284 g/mol. The predicted octanol–water partition coefficient (Wildman–Crippen LogP) is 1.51. The summed E-state index contributed by atoms with van der Waals surface area (Å²) in [4.78, 5) is 23.6. The molecule has 0 fully saturated rings. The van der Waals surface area contributed by atoms with Gasteiger partial charge in [-0.3, -0.25) is 14.9 Å². The number of hydrogen-bond acceptors (Lipinski definition) is 6. The number of ether oxygens (including phenoxy) is 1. The van der Waals surface area contributed by atoms with Crippen molar-refractivity contribution < 1.29 is 14.5 Å². The van der Waals surface area contributed by atoms with Gasteiger partial charge >= 0.3 is 11.7 Å². The maximum Gasteiger partial charge on any atom is 0.333 e. The summed E-state index contributed by atoms with van der Waals surface area (Å²) in [5.74, 6) is 0.0797. The first-order chi connectivity index (χ1) is 9.42. The Labute approximate surface area is 117 Å². The Morgan fingerprint density at radius 3 is 2.70 bits per heavy atom. The van der Waals surface area contributed by atoms with E-state index in [1.54, 1.807) is 23.6 Å². The van der Waals surface area contributed by atoms with Crippen LogP contribution >= 0.6 is 0 Å². The van der Waals surface area contributed by atoms with Gasteiger partial charge in [0.15, 0.2) is 0 Å².